The number of carbonyl (C=O) groups is 1. The minimum Gasteiger partial charge on any atom is -0.381 e. The van der Waals surface area contributed by atoms with E-state index in [0.29, 0.717) is 18.3 Å². The van der Waals surface area contributed by atoms with Crippen molar-refractivity contribution >= 4 is 5.91 Å². The number of amides is 1. The summed E-state index contributed by atoms with van der Waals surface area (Å²) in [6.45, 7) is 6.74. The first-order valence-corrected chi connectivity index (χ1v) is 8.76. The van der Waals surface area contributed by atoms with E-state index in [-0.39, 0.29) is 11.4 Å². The maximum Gasteiger partial charge on any atom is 0.220 e. The lowest BCUT2D eigenvalue weighted by molar-refractivity contribution is -0.123. The summed E-state index contributed by atoms with van der Waals surface area (Å²) in [5.41, 5.74) is 0.0614. The highest BCUT2D eigenvalue weighted by molar-refractivity contribution is 5.76. The summed E-state index contributed by atoms with van der Waals surface area (Å²) in [6, 6.07) is 0. The number of likely N-dealkylation sites (N-methyl/N-ethyl adjacent to an activating group) is 1. The van der Waals surface area contributed by atoms with Gasteiger partial charge in [-0.1, -0.05) is 6.92 Å². The Labute approximate surface area is 135 Å². The van der Waals surface area contributed by atoms with Gasteiger partial charge in [0.25, 0.3) is 0 Å². The van der Waals surface area contributed by atoms with E-state index in [9.17, 15) is 4.79 Å². The van der Waals surface area contributed by atoms with Gasteiger partial charge in [0.1, 0.15) is 0 Å². The summed E-state index contributed by atoms with van der Waals surface area (Å²) >= 11 is 0. The van der Waals surface area contributed by atoms with E-state index in [2.05, 4.69) is 36.6 Å². The van der Waals surface area contributed by atoms with E-state index in [1.54, 1.807) is 0 Å². The molecule has 5 nitrogen and oxygen atoms in total. The van der Waals surface area contributed by atoms with Crippen LogP contribution in [0, 0.1) is 11.8 Å². The van der Waals surface area contributed by atoms with Gasteiger partial charge < -0.3 is 20.3 Å². The number of rotatable bonds is 6. The molecule has 0 spiro atoms. The van der Waals surface area contributed by atoms with Crippen molar-refractivity contribution in [1.29, 1.82) is 0 Å². The first-order chi connectivity index (χ1) is 10.5. The van der Waals surface area contributed by atoms with Crippen LogP contribution < -0.4 is 10.6 Å². The monoisotopic (exact) mass is 311 g/mol. The largest absolute Gasteiger partial charge is 0.381 e. The fraction of sp³-hybridized carbons (Fsp3) is 0.941. The summed E-state index contributed by atoms with van der Waals surface area (Å²) in [5.74, 6) is 1.38. The van der Waals surface area contributed by atoms with Crippen LogP contribution >= 0.6 is 0 Å². The molecule has 2 rings (SSSR count). The lowest BCUT2D eigenvalue weighted by Crippen LogP contribution is -2.55. The summed E-state index contributed by atoms with van der Waals surface area (Å²) < 4.78 is 5.48. The van der Waals surface area contributed by atoms with Crippen molar-refractivity contribution in [2.24, 2.45) is 11.8 Å². The molecular weight excluding hydrogens is 278 g/mol. The Kier molecular flexibility index (Phi) is 6.66. The summed E-state index contributed by atoms with van der Waals surface area (Å²) in [6.07, 6.45) is 5.04. The summed E-state index contributed by atoms with van der Waals surface area (Å²) in [5, 5.41) is 6.58. The van der Waals surface area contributed by atoms with Crippen LogP contribution in [0.1, 0.15) is 39.0 Å². The molecule has 1 atom stereocenters. The van der Waals surface area contributed by atoms with E-state index < -0.39 is 0 Å². The number of nitrogens with one attached hydrogen (secondary N) is 2. The van der Waals surface area contributed by atoms with Gasteiger partial charge in [-0.3, -0.25) is 4.79 Å². The quantitative estimate of drug-likeness (QED) is 0.775. The highest BCUT2D eigenvalue weighted by atomic mass is 16.5. The third-order valence-electron chi connectivity index (χ3n) is 5.68. The molecular formula is C17H33N3O2. The summed E-state index contributed by atoms with van der Waals surface area (Å²) in [7, 11) is 4.21. The second-order valence-corrected chi connectivity index (χ2v) is 7.28. The molecule has 2 N–H and O–H groups in total. The van der Waals surface area contributed by atoms with E-state index in [0.717, 1.165) is 45.7 Å². The first kappa shape index (κ1) is 17.7. The van der Waals surface area contributed by atoms with Crippen LogP contribution in [0.2, 0.25) is 0 Å². The van der Waals surface area contributed by atoms with Gasteiger partial charge >= 0.3 is 0 Å². The van der Waals surface area contributed by atoms with Crippen molar-refractivity contribution in [3.8, 4) is 0 Å². The Bertz CT molecular complexity index is 348. The number of hydrogen-bond acceptors (Lipinski definition) is 4. The van der Waals surface area contributed by atoms with Crippen LogP contribution in [0.4, 0.5) is 0 Å². The molecule has 22 heavy (non-hydrogen) atoms. The third-order valence-corrected chi connectivity index (χ3v) is 5.68. The zero-order valence-corrected chi connectivity index (χ0v) is 14.5. The maximum atomic E-state index is 12.3. The Balaban J connectivity index is 1.78. The van der Waals surface area contributed by atoms with Crippen molar-refractivity contribution in [2.75, 3.05) is 46.9 Å². The van der Waals surface area contributed by atoms with E-state index in [1.165, 1.54) is 12.8 Å². The highest BCUT2D eigenvalue weighted by Gasteiger charge is 2.35. The number of piperidine rings is 1. The minimum atomic E-state index is 0.0614. The topological polar surface area (TPSA) is 53.6 Å². The third kappa shape index (κ3) is 4.67. The molecule has 1 unspecified atom stereocenters. The van der Waals surface area contributed by atoms with Crippen LogP contribution in [-0.2, 0) is 9.53 Å². The van der Waals surface area contributed by atoms with Crippen molar-refractivity contribution in [1.82, 2.24) is 15.5 Å². The second kappa shape index (κ2) is 8.27. The predicted molar refractivity (Wildman–Crippen MR) is 88.9 cm³/mol. The van der Waals surface area contributed by atoms with Crippen molar-refractivity contribution < 1.29 is 9.53 Å². The molecule has 0 aromatic carbocycles. The molecule has 1 amide bonds. The molecule has 2 aliphatic heterocycles. The molecule has 2 saturated heterocycles. The molecule has 2 heterocycles. The molecule has 0 aromatic heterocycles. The number of carbonyl (C=O) groups excluding carboxylic acids is 1. The molecule has 0 radical (unpaired) electrons. The van der Waals surface area contributed by atoms with Gasteiger partial charge in [0.2, 0.25) is 5.91 Å². The van der Waals surface area contributed by atoms with Crippen molar-refractivity contribution in [3.63, 3.8) is 0 Å². The number of hydrogen-bond donors (Lipinski definition) is 2. The van der Waals surface area contributed by atoms with Crippen LogP contribution in [0.15, 0.2) is 0 Å². The Morgan fingerprint density at radius 1 is 1.32 bits per heavy atom. The Hall–Kier alpha value is -0.650. The smallest absolute Gasteiger partial charge is 0.220 e. The van der Waals surface area contributed by atoms with Gasteiger partial charge in [0.15, 0.2) is 0 Å². The fourth-order valence-electron chi connectivity index (χ4n) is 3.74. The fourth-order valence-corrected chi connectivity index (χ4v) is 3.74. The SMILES string of the molecule is CC(CC(=O)NCC1(N(C)C)CCOCC1)C1CCNCC1. The average molecular weight is 311 g/mol. The predicted octanol–water partition coefficient (Wildman–Crippen LogP) is 1.24. The van der Waals surface area contributed by atoms with Crippen LogP contribution in [0.3, 0.4) is 0 Å². The molecule has 0 bridgehead atoms. The molecule has 128 valence electrons. The van der Waals surface area contributed by atoms with Gasteiger partial charge in [-0.25, -0.2) is 0 Å². The Morgan fingerprint density at radius 2 is 1.95 bits per heavy atom. The van der Waals surface area contributed by atoms with Crippen molar-refractivity contribution in [2.45, 2.75) is 44.6 Å². The van der Waals surface area contributed by atoms with Crippen LogP contribution in [-0.4, -0.2) is 63.3 Å². The number of ether oxygens (including phenoxy) is 1. The van der Waals surface area contributed by atoms with Crippen molar-refractivity contribution in [3.05, 3.63) is 0 Å². The zero-order chi connectivity index (χ0) is 16.0. The second-order valence-electron chi connectivity index (χ2n) is 7.28. The Morgan fingerprint density at radius 3 is 2.55 bits per heavy atom. The van der Waals surface area contributed by atoms with Gasteiger partial charge in [-0.05, 0) is 64.7 Å². The number of nitrogens with zero attached hydrogens (tertiary/aromatic N) is 1. The lowest BCUT2D eigenvalue weighted by Gasteiger charge is -2.43. The highest BCUT2D eigenvalue weighted by Crippen LogP contribution is 2.26. The molecule has 0 saturated carbocycles. The molecule has 5 heteroatoms. The van der Waals surface area contributed by atoms with E-state index in [4.69, 9.17) is 4.74 Å². The molecule has 0 aromatic rings. The molecule has 2 aliphatic rings. The van der Waals surface area contributed by atoms with Gasteiger partial charge in [-0.2, -0.15) is 0 Å². The van der Waals surface area contributed by atoms with Gasteiger partial charge in [0, 0.05) is 31.7 Å². The standard InChI is InChI=1S/C17H33N3O2/c1-14(15-4-8-18-9-5-15)12-16(21)19-13-17(20(2)3)6-10-22-11-7-17/h14-15,18H,4-13H2,1-3H3,(H,19,21). The van der Waals surface area contributed by atoms with Crippen LogP contribution in [0.5, 0.6) is 0 Å². The van der Waals surface area contributed by atoms with E-state index >= 15 is 0 Å². The summed E-state index contributed by atoms with van der Waals surface area (Å²) in [4.78, 5) is 14.6. The first-order valence-electron chi connectivity index (χ1n) is 8.76. The molecule has 0 aliphatic carbocycles. The minimum absolute atomic E-state index is 0.0614. The van der Waals surface area contributed by atoms with Gasteiger partial charge in [0.05, 0.1) is 0 Å². The average Bonchev–Trinajstić information content (AvgIpc) is 2.54. The lowest BCUT2D eigenvalue weighted by atomic mass is 9.84. The van der Waals surface area contributed by atoms with Gasteiger partial charge in [-0.15, -0.1) is 0 Å². The molecule has 2 fully saturated rings. The van der Waals surface area contributed by atoms with E-state index in [1.807, 2.05) is 0 Å². The maximum absolute atomic E-state index is 12.3. The van der Waals surface area contributed by atoms with Crippen LogP contribution in [0.25, 0.3) is 0 Å². The zero-order valence-electron chi connectivity index (χ0n) is 14.5. The normalized spacial score (nSPS) is 24.2.